The third-order valence-electron chi connectivity index (χ3n) is 2.77. The molecule has 0 aliphatic rings. The van der Waals surface area contributed by atoms with E-state index in [1.54, 1.807) is 31.2 Å². The summed E-state index contributed by atoms with van der Waals surface area (Å²) in [6.45, 7) is 1.71. The van der Waals surface area contributed by atoms with Crippen LogP contribution in [-0.4, -0.2) is 24.6 Å². The predicted octanol–water partition coefficient (Wildman–Crippen LogP) is 0.940. The zero-order valence-electron chi connectivity index (χ0n) is 11.2. The van der Waals surface area contributed by atoms with Crippen LogP contribution >= 0.6 is 0 Å². The van der Waals surface area contributed by atoms with Crippen LogP contribution < -0.4 is 15.8 Å². The topological polar surface area (TPSA) is 130 Å². The fourth-order valence-corrected chi connectivity index (χ4v) is 2.90. The molecule has 0 bridgehead atoms. The molecule has 0 aliphatic carbocycles. The van der Waals surface area contributed by atoms with E-state index in [-0.39, 0.29) is 5.03 Å². The van der Waals surface area contributed by atoms with Gasteiger partial charge in [-0.2, -0.15) is 5.10 Å². The van der Waals surface area contributed by atoms with E-state index in [0.717, 1.165) is 5.56 Å². The van der Waals surface area contributed by atoms with E-state index in [0.29, 0.717) is 5.69 Å². The number of amides is 2. The molecular formula is C12H15N5O3S. The quantitative estimate of drug-likeness (QED) is 0.654. The maximum absolute atomic E-state index is 12.0. The average molecular weight is 309 g/mol. The number of anilines is 1. The highest BCUT2D eigenvalue weighted by Crippen LogP contribution is 2.18. The molecule has 9 heteroatoms. The maximum atomic E-state index is 12.0. The lowest BCUT2D eigenvalue weighted by Gasteiger charge is -2.14. The van der Waals surface area contributed by atoms with Crippen LogP contribution in [0.1, 0.15) is 18.5 Å². The Balaban J connectivity index is 2.10. The van der Waals surface area contributed by atoms with Gasteiger partial charge in [0.05, 0.1) is 6.20 Å². The number of aromatic nitrogens is 2. The highest BCUT2D eigenvalue weighted by molar-refractivity contribution is 7.89. The van der Waals surface area contributed by atoms with Crippen LogP contribution in [0.15, 0.2) is 41.6 Å². The summed E-state index contributed by atoms with van der Waals surface area (Å²) in [6.07, 6.45) is 1.36. The predicted molar refractivity (Wildman–Crippen MR) is 77.0 cm³/mol. The summed E-state index contributed by atoms with van der Waals surface area (Å²) in [6, 6.07) is 6.95. The van der Waals surface area contributed by atoms with Gasteiger partial charge in [-0.1, -0.05) is 12.1 Å². The monoisotopic (exact) mass is 309 g/mol. The van der Waals surface area contributed by atoms with Crippen molar-refractivity contribution in [2.75, 3.05) is 5.32 Å². The number of sulfonamides is 1. The highest BCUT2D eigenvalue weighted by Gasteiger charge is 2.19. The number of carbonyl (C=O) groups excluding carboxylic acids is 1. The minimum Gasteiger partial charge on any atom is -0.351 e. The summed E-state index contributed by atoms with van der Waals surface area (Å²) >= 11 is 0. The molecule has 0 aliphatic heterocycles. The number of benzene rings is 1. The number of nitrogens with two attached hydrogens (primary N) is 1. The fourth-order valence-electron chi connectivity index (χ4n) is 1.75. The molecule has 1 atom stereocenters. The molecule has 0 radical (unpaired) electrons. The van der Waals surface area contributed by atoms with Crippen LogP contribution in [0.25, 0.3) is 0 Å². The standard InChI is InChI=1S/C12H15N5O3S/c1-8(17-21(19,20)11-6-7-14-16-11)9-2-4-10(5-3-9)15-12(13)18/h2-8,17H,1H3,(H,14,16)(H3,13,15,18). The van der Waals surface area contributed by atoms with Crippen molar-refractivity contribution in [3.8, 4) is 0 Å². The smallest absolute Gasteiger partial charge is 0.316 e. The Bertz CT molecular complexity index is 710. The number of rotatable bonds is 5. The maximum Gasteiger partial charge on any atom is 0.316 e. The Morgan fingerprint density at radius 2 is 1.95 bits per heavy atom. The van der Waals surface area contributed by atoms with Gasteiger partial charge in [-0.25, -0.2) is 17.9 Å². The number of nitrogens with zero attached hydrogens (tertiary/aromatic N) is 1. The van der Waals surface area contributed by atoms with Crippen molar-refractivity contribution in [1.82, 2.24) is 14.9 Å². The normalized spacial score (nSPS) is 12.8. The van der Waals surface area contributed by atoms with Crippen molar-refractivity contribution in [3.63, 3.8) is 0 Å². The molecule has 0 spiro atoms. The molecule has 0 saturated carbocycles. The van der Waals surface area contributed by atoms with Crippen molar-refractivity contribution in [2.24, 2.45) is 5.73 Å². The molecule has 0 fully saturated rings. The number of primary amides is 1. The number of carbonyl (C=O) groups is 1. The average Bonchev–Trinajstić information content (AvgIpc) is 2.93. The summed E-state index contributed by atoms with van der Waals surface area (Å²) in [4.78, 5) is 10.7. The van der Waals surface area contributed by atoms with E-state index in [9.17, 15) is 13.2 Å². The van der Waals surface area contributed by atoms with Crippen molar-refractivity contribution in [2.45, 2.75) is 18.0 Å². The van der Waals surface area contributed by atoms with Gasteiger partial charge in [-0.05, 0) is 30.7 Å². The number of hydrogen-bond acceptors (Lipinski definition) is 4. The number of urea groups is 1. The lowest BCUT2D eigenvalue weighted by atomic mass is 10.1. The number of nitrogens with one attached hydrogen (secondary N) is 3. The summed E-state index contributed by atoms with van der Waals surface area (Å²) in [7, 11) is -3.65. The summed E-state index contributed by atoms with van der Waals surface area (Å²) in [5.41, 5.74) is 6.29. The molecule has 0 saturated heterocycles. The lowest BCUT2D eigenvalue weighted by Crippen LogP contribution is -2.27. The van der Waals surface area contributed by atoms with Gasteiger partial charge in [0.25, 0.3) is 10.0 Å². The molecule has 1 aromatic carbocycles. The Morgan fingerprint density at radius 1 is 1.29 bits per heavy atom. The minimum absolute atomic E-state index is 0.00126. The van der Waals surface area contributed by atoms with Crippen LogP contribution in [0.3, 0.4) is 0 Å². The van der Waals surface area contributed by atoms with Gasteiger partial charge >= 0.3 is 6.03 Å². The van der Waals surface area contributed by atoms with E-state index >= 15 is 0 Å². The molecule has 2 aromatic rings. The van der Waals surface area contributed by atoms with Crippen LogP contribution in [0.4, 0.5) is 10.5 Å². The Hall–Kier alpha value is -2.39. The third kappa shape index (κ3) is 3.80. The van der Waals surface area contributed by atoms with Gasteiger partial charge in [-0.15, -0.1) is 0 Å². The molecule has 5 N–H and O–H groups in total. The first-order valence-electron chi connectivity index (χ1n) is 6.06. The third-order valence-corrected chi connectivity index (χ3v) is 4.25. The van der Waals surface area contributed by atoms with Gasteiger partial charge in [0.15, 0.2) is 5.03 Å². The molecule has 21 heavy (non-hydrogen) atoms. The van der Waals surface area contributed by atoms with E-state index in [4.69, 9.17) is 5.73 Å². The number of hydrogen-bond donors (Lipinski definition) is 4. The first-order chi connectivity index (χ1) is 9.88. The second-order valence-electron chi connectivity index (χ2n) is 4.38. The first-order valence-corrected chi connectivity index (χ1v) is 7.55. The largest absolute Gasteiger partial charge is 0.351 e. The molecule has 112 valence electrons. The van der Waals surface area contributed by atoms with E-state index in [1.165, 1.54) is 12.3 Å². The number of H-pyrrole nitrogens is 1. The van der Waals surface area contributed by atoms with Crippen LogP contribution in [-0.2, 0) is 10.0 Å². The van der Waals surface area contributed by atoms with E-state index in [2.05, 4.69) is 20.2 Å². The van der Waals surface area contributed by atoms with Crippen LogP contribution in [0, 0.1) is 0 Å². The first kappa shape index (κ1) is 15.0. The Morgan fingerprint density at radius 3 is 2.48 bits per heavy atom. The minimum atomic E-state index is -3.65. The van der Waals surface area contributed by atoms with Gasteiger partial charge in [0.1, 0.15) is 0 Å². The second-order valence-corrected chi connectivity index (χ2v) is 6.06. The molecule has 1 aromatic heterocycles. The van der Waals surface area contributed by atoms with Crippen molar-refractivity contribution in [1.29, 1.82) is 0 Å². The fraction of sp³-hybridized carbons (Fsp3) is 0.167. The van der Waals surface area contributed by atoms with Crippen molar-refractivity contribution in [3.05, 3.63) is 42.1 Å². The SMILES string of the molecule is CC(NS(=O)(=O)c1ccn[nH]1)c1ccc(NC(N)=O)cc1. The lowest BCUT2D eigenvalue weighted by molar-refractivity contribution is 0.259. The summed E-state index contributed by atoms with van der Waals surface area (Å²) in [5.74, 6) is 0. The van der Waals surface area contributed by atoms with Crippen LogP contribution in [0.2, 0.25) is 0 Å². The van der Waals surface area contributed by atoms with E-state index < -0.39 is 22.1 Å². The Labute approximate surface area is 121 Å². The summed E-state index contributed by atoms with van der Waals surface area (Å²) in [5, 5.41) is 8.44. The molecule has 1 unspecified atom stereocenters. The van der Waals surface area contributed by atoms with Gasteiger partial charge in [0.2, 0.25) is 0 Å². The molecule has 2 rings (SSSR count). The van der Waals surface area contributed by atoms with Gasteiger partial charge < -0.3 is 11.1 Å². The molecule has 2 amide bonds. The highest BCUT2D eigenvalue weighted by atomic mass is 32.2. The van der Waals surface area contributed by atoms with Gasteiger partial charge in [-0.3, -0.25) is 5.10 Å². The Kier molecular flexibility index (Phi) is 4.24. The molecular weight excluding hydrogens is 294 g/mol. The molecule has 1 heterocycles. The zero-order chi connectivity index (χ0) is 15.5. The van der Waals surface area contributed by atoms with Crippen LogP contribution in [0.5, 0.6) is 0 Å². The summed E-state index contributed by atoms with van der Waals surface area (Å²) < 4.78 is 26.6. The zero-order valence-corrected chi connectivity index (χ0v) is 12.0. The van der Waals surface area contributed by atoms with E-state index in [1.807, 2.05) is 0 Å². The van der Waals surface area contributed by atoms with Crippen molar-refractivity contribution >= 4 is 21.7 Å². The second kappa shape index (κ2) is 5.94. The molecule has 8 nitrogen and oxygen atoms in total. The van der Waals surface area contributed by atoms with Crippen molar-refractivity contribution < 1.29 is 13.2 Å². The van der Waals surface area contributed by atoms with Gasteiger partial charge in [0, 0.05) is 11.7 Å². The number of aromatic amines is 1.